The Morgan fingerprint density at radius 2 is 1.97 bits per heavy atom. The van der Waals surface area contributed by atoms with Gasteiger partial charge in [0.05, 0.1) is 19.9 Å². The van der Waals surface area contributed by atoms with Crippen LogP contribution >= 0.6 is 12.4 Å². The van der Waals surface area contributed by atoms with Crippen molar-refractivity contribution in [3.05, 3.63) is 60.3 Å². The van der Waals surface area contributed by atoms with Gasteiger partial charge in [0.15, 0.2) is 11.5 Å². The molecule has 0 saturated carbocycles. The largest absolute Gasteiger partial charge is 0.493 e. The molecule has 2 heterocycles. The fraction of sp³-hybridized carbons (Fsp3) is 0.346. The zero-order valence-corrected chi connectivity index (χ0v) is 20.9. The molecule has 0 radical (unpaired) electrons. The average molecular weight is 498 g/mol. The van der Waals surface area contributed by atoms with Crippen LogP contribution in [0.1, 0.15) is 24.8 Å². The Kier molecular flexibility index (Phi) is 9.69. The van der Waals surface area contributed by atoms with Gasteiger partial charge in [0.2, 0.25) is 11.9 Å². The number of amides is 1. The lowest BCUT2D eigenvalue weighted by Crippen LogP contribution is -2.27. The Bertz CT molecular complexity index is 1120. The fourth-order valence-corrected chi connectivity index (χ4v) is 4.08. The summed E-state index contributed by atoms with van der Waals surface area (Å²) >= 11 is 0. The fourth-order valence-electron chi connectivity index (χ4n) is 4.08. The third-order valence-corrected chi connectivity index (χ3v) is 5.84. The van der Waals surface area contributed by atoms with Gasteiger partial charge in [-0.15, -0.1) is 12.4 Å². The summed E-state index contributed by atoms with van der Waals surface area (Å²) in [6, 6.07) is 15.8. The van der Waals surface area contributed by atoms with E-state index in [9.17, 15) is 4.79 Å². The predicted octanol–water partition coefficient (Wildman–Crippen LogP) is 4.32. The van der Waals surface area contributed by atoms with E-state index in [1.807, 2.05) is 48.5 Å². The van der Waals surface area contributed by atoms with E-state index >= 15 is 0 Å². The first-order chi connectivity index (χ1) is 16.6. The van der Waals surface area contributed by atoms with Crippen LogP contribution in [0.15, 0.2) is 54.7 Å². The highest BCUT2D eigenvalue weighted by Crippen LogP contribution is 2.28. The Hall–Kier alpha value is -3.36. The van der Waals surface area contributed by atoms with Gasteiger partial charge in [-0.05, 0) is 61.7 Å². The number of ether oxygens (including phenoxy) is 2. The second-order valence-electron chi connectivity index (χ2n) is 8.26. The molecule has 1 fully saturated rings. The van der Waals surface area contributed by atoms with Gasteiger partial charge >= 0.3 is 0 Å². The van der Waals surface area contributed by atoms with Crippen molar-refractivity contribution < 1.29 is 14.3 Å². The minimum Gasteiger partial charge on any atom is -0.493 e. The van der Waals surface area contributed by atoms with Crippen molar-refractivity contribution in [3.63, 3.8) is 0 Å². The van der Waals surface area contributed by atoms with Gasteiger partial charge in [-0.3, -0.25) is 4.79 Å². The van der Waals surface area contributed by atoms with Crippen molar-refractivity contribution in [2.45, 2.75) is 31.7 Å². The molecule has 1 atom stereocenters. The van der Waals surface area contributed by atoms with Crippen LogP contribution in [0, 0.1) is 0 Å². The first-order valence-electron chi connectivity index (χ1n) is 11.6. The SMILES string of the molecule is COc1ccc(CCNc2nccc(-c3cccc(NC(=O)CC4CCCN4)c3)n2)cc1OC.Cl. The van der Waals surface area contributed by atoms with E-state index in [0.29, 0.717) is 30.4 Å². The topological polar surface area (TPSA) is 97.4 Å². The molecule has 3 aromatic rings. The van der Waals surface area contributed by atoms with Crippen molar-refractivity contribution in [1.29, 1.82) is 0 Å². The van der Waals surface area contributed by atoms with E-state index in [-0.39, 0.29) is 24.4 Å². The van der Waals surface area contributed by atoms with Gasteiger partial charge < -0.3 is 25.4 Å². The van der Waals surface area contributed by atoms with Gasteiger partial charge in [-0.2, -0.15) is 0 Å². The average Bonchev–Trinajstić information content (AvgIpc) is 3.37. The summed E-state index contributed by atoms with van der Waals surface area (Å²) in [5, 5.41) is 9.65. The zero-order chi connectivity index (χ0) is 23.8. The number of anilines is 2. The minimum atomic E-state index is 0. The summed E-state index contributed by atoms with van der Waals surface area (Å²) < 4.78 is 10.7. The number of nitrogens with zero attached hydrogens (tertiary/aromatic N) is 2. The molecular weight excluding hydrogens is 466 g/mol. The standard InChI is InChI=1S/C26H31N5O3.ClH/c1-33-23-9-8-18(15-24(23)34-2)10-13-28-26-29-14-11-22(31-26)19-5-3-6-21(16-19)30-25(32)17-20-7-4-12-27-20;/h3,5-6,8-9,11,14-16,20,27H,4,7,10,12-13,17H2,1-2H3,(H,30,32)(H,28,29,31);1H. The van der Waals surface area contributed by atoms with Gasteiger partial charge in [0.25, 0.3) is 0 Å². The summed E-state index contributed by atoms with van der Waals surface area (Å²) in [6.45, 7) is 1.66. The highest BCUT2D eigenvalue weighted by Gasteiger charge is 2.17. The van der Waals surface area contributed by atoms with Crippen LogP contribution in [0.3, 0.4) is 0 Å². The normalized spacial score (nSPS) is 14.6. The molecule has 2 aromatic carbocycles. The maximum atomic E-state index is 12.4. The third-order valence-electron chi connectivity index (χ3n) is 5.84. The van der Waals surface area contributed by atoms with Crippen molar-refractivity contribution in [1.82, 2.24) is 15.3 Å². The van der Waals surface area contributed by atoms with Crippen molar-refractivity contribution in [3.8, 4) is 22.8 Å². The van der Waals surface area contributed by atoms with Crippen LogP contribution in [0.4, 0.5) is 11.6 Å². The Morgan fingerprint density at radius 1 is 1.11 bits per heavy atom. The first kappa shape index (κ1) is 26.2. The smallest absolute Gasteiger partial charge is 0.225 e. The van der Waals surface area contributed by atoms with Crippen LogP contribution in [-0.4, -0.2) is 49.2 Å². The molecule has 1 unspecified atom stereocenters. The van der Waals surface area contributed by atoms with Gasteiger partial charge in [-0.1, -0.05) is 18.2 Å². The molecule has 4 rings (SSSR count). The molecule has 35 heavy (non-hydrogen) atoms. The molecule has 1 aromatic heterocycles. The van der Waals surface area contributed by atoms with Crippen LogP contribution < -0.4 is 25.4 Å². The monoisotopic (exact) mass is 497 g/mol. The molecule has 9 heteroatoms. The predicted molar refractivity (Wildman–Crippen MR) is 141 cm³/mol. The summed E-state index contributed by atoms with van der Waals surface area (Å²) in [5.41, 5.74) is 3.60. The quantitative estimate of drug-likeness (QED) is 0.384. The van der Waals surface area contributed by atoms with Crippen molar-refractivity contribution in [2.75, 3.05) is 37.9 Å². The number of benzene rings is 2. The van der Waals surface area contributed by atoms with Gasteiger partial charge in [-0.25, -0.2) is 9.97 Å². The molecule has 8 nitrogen and oxygen atoms in total. The van der Waals surface area contributed by atoms with E-state index in [1.54, 1.807) is 20.4 Å². The lowest BCUT2D eigenvalue weighted by Gasteiger charge is -2.12. The Balaban J connectivity index is 0.00000342. The second kappa shape index (κ2) is 12.9. The van der Waals surface area contributed by atoms with E-state index in [4.69, 9.17) is 9.47 Å². The lowest BCUT2D eigenvalue weighted by atomic mass is 10.1. The van der Waals surface area contributed by atoms with Gasteiger partial charge in [0, 0.05) is 36.5 Å². The second-order valence-corrected chi connectivity index (χ2v) is 8.26. The first-order valence-corrected chi connectivity index (χ1v) is 11.6. The van der Waals surface area contributed by atoms with E-state index < -0.39 is 0 Å². The highest BCUT2D eigenvalue weighted by atomic mass is 35.5. The molecular formula is C26H32ClN5O3. The highest BCUT2D eigenvalue weighted by molar-refractivity contribution is 5.91. The number of aromatic nitrogens is 2. The number of hydrogen-bond donors (Lipinski definition) is 3. The number of hydrogen-bond acceptors (Lipinski definition) is 7. The molecule has 1 aliphatic heterocycles. The molecule has 0 spiro atoms. The van der Waals surface area contributed by atoms with Crippen molar-refractivity contribution >= 4 is 29.9 Å². The molecule has 0 aliphatic carbocycles. The van der Waals surface area contributed by atoms with Crippen LogP contribution in [0.2, 0.25) is 0 Å². The van der Waals surface area contributed by atoms with Gasteiger partial charge in [0.1, 0.15) is 0 Å². The number of carbonyl (C=O) groups excluding carboxylic acids is 1. The molecule has 1 amide bonds. The van der Waals surface area contributed by atoms with Crippen molar-refractivity contribution in [2.24, 2.45) is 0 Å². The molecule has 0 bridgehead atoms. The number of nitrogens with one attached hydrogen (secondary N) is 3. The lowest BCUT2D eigenvalue weighted by molar-refractivity contribution is -0.116. The van der Waals surface area contributed by atoms with Crippen LogP contribution in [-0.2, 0) is 11.2 Å². The molecule has 1 aliphatic rings. The summed E-state index contributed by atoms with van der Waals surface area (Å²) in [7, 11) is 3.26. The maximum absolute atomic E-state index is 12.4. The Morgan fingerprint density at radius 3 is 2.74 bits per heavy atom. The number of halogens is 1. The number of methoxy groups -OCH3 is 2. The van der Waals surface area contributed by atoms with Crippen LogP contribution in [0.5, 0.6) is 11.5 Å². The van der Waals surface area contributed by atoms with E-state index in [2.05, 4.69) is 25.9 Å². The third kappa shape index (κ3) is 7.31. The summed E-state index contributed by atoms with van der Waals surface area (Å²) in [6.07, 6.45) is 5.19. The summed E-state index contributed by atoms with van der Waals surface area (Å²) in [5.74, 6) is 2.00. The Labute approximate surface area is 212 Å². The molecule has 1 saturated heterocycles. The van der Waals surface area contributed by atoms with E-state index in [0.717, 1.165) is 48.3 Å². The molecule has 3 N–H and O–H groups in total. The van der Waals surface area contributed by atoms with E-state index in [1.165, 1.54) is 0 Å². The van der Waals surface area contributed by atoms with Crippen LogP contribution in [0.25, 0.3) is 11.3 Å². The maximum Gasteiger partial charge on any atom is 0.225 e. The summed E-state index contributed by atoms with van der Waals surface area (Å²) in [4.78, 5) is 21.4. The molecule has 186 valence electrons. The minimum absolute atomic E-state index is 0. The number of rotatable bonds is 10. The number of carbonyl (C=O) groups is 1. The zero-order valence-electron chi connectivity index (χ0n) is 20.0.